The lowest BCUT2D eigenvalue weighted by molar-refractivity contribution is 0.102. The number of aromatic nitrogens is 3. The number of benzene rings is 3. The lowest BCUT2D eigenvalue weighted by atomic mass is 10.0. The molecule has 166 valence electrons. The van der Waals surface area contributed by atoms with Crippen LogP contribution in [0, 0.1) is 6.92 Å². The van der Waals surface area contributed by atoms with Crippen LogP contribution in [0.25, 0.3) is 5.70 Å². The van der Waals surface area contributed by atoms with Crippen molar-refractivity contribution in [3.63, 3.8) is 0 Å². The van der Waals surface area contributed by atoms with Crippen molar-refractivity contribution in [3.8, 4) is 0 Å². The highest BCUT2D eigenvalue weighted by Gasteiger charge is 2.27. The van der Waals surface area contributed by atoms with Crippen molar-refractivity contribution in [2.24, 2.45) is 0 Å². The molecule has 2 heterocycles. The Morgan fingerprint density at radius 3 is 2.55 bits per heavy atom. The van der Waals surface area contributed by atoms with E-state index in [0.29, 0.717) is 16.5 Å². The summed E-state index contributed by atoms with van der Waals surface area (Å²) < 4.78 is 1.74. The number of carbonyl (C=O) groups excluding carboxylic acids is 1. The van der Waals surface area contributed by atoms with Gasteiger partial charge in [-0.3, -0.25) is 10.1 Å². The fourth-order valence-electron chi connectivity index (χ4n) is 3.73. The number of nitrogens with one attached hydrogen (secondary N) is 2. The summed E-state index contributed by atoms with van der Waals surface area (Å²) in [5, 5.41) is 11.3. The average Bonchev–Trinajstić information content (AvgIpc) is 3.22. The number of rotatable bonds is 4. The zero-order valence-corrected chi connectivity index (χ0v) is 19.3. The maximum absolute atomic E-state index is 12.7. The molecule has 1 aromatic heterocycles. The number of allylic oxidation sites excluding steroid dienone is 1. The minimum Gasteiger partial charge on any atom is -0.324 e. The van der Waals surface area contributed by atoms with Crippen molar-refractivity contribution in [2.45, 2.75) is 13.0 Å². The largest absolute Gasteiger partial charge is 0.324 e. The maximum atomic E-state index is 12.7. The van der Waals surface area contributed by atoms with Gasteiger partial charge in [0.05, 0.1) is 0 Å². The molecule has 5 rings (SSSR count). The standard InChI is InChI=1S/C25H20ClN5O.ClH/c1-16-8-7-11-18(14-16)23(32)28-24-29-25-27-21(17-9-3-2-4-10-17)15-22(31(25)30-24)19-12-5-6-13-20(19)26;/h2-15,22H,1H3,(H2,27,28,29,30,32);1H. The lowest BCUT2D eigenvalue weighted by Gasteiger charge is -2.24. The van der Waals surface area contributed by atoms with Crippen molar-refractivity contribution < 1.29 is 4.79 Å². The van der Waals surface area contributed by atoms with Gasteiger partial charge >= 0.3 is 0 Å². The van der Waals surface area contributed by atoms with Crippen LogP contribution in [0.5, 0.6) is 0 Å². The highest BCUT2D eigenvalue weighted by molar-refractivity contribution is 6.31. The summed E-state index contributed by atoms with van der Waals surface area (Å²) >= 11 is 6.52. The second-order valence-corrected chi connectivity index (χ2v) is 7.97. The van der Waals surface area contributed by atoms with Crippen LogP contribution in [-0.4, -0.2) is 20.7 Å². The summed E-state index contributed by atoms with van der Waals surface area (Å²) in [7, 11) is 0. The van der Waals surface area contributed by atoms with Crippen LogP contribution in [-0.2, 0) is 0 Å². The predicted molar refractivity (Wildman–Crippen MR) is 134 cm³/mol. The lowest BCUT2D eigenvalue weighted by Crippen LogP contribution is -2.20. The minimum atomic E-state index is -0.285. The van der Waals surface area contributed by atoms with Crippen LogP contribution in [0.1, 0.15) is 33.1 Å². The molecule has 1 amide bonds. The first kappa shape index (κ1) is 22.6. The van der Waals surface area contributed by atoms with E-state index in [0.717, 1.165) is 22.4 Å². The fraction of sp³-hybridized carbons (Fsp3) is 0.0800. The van der Waals surface area contributed by atoms with E-state index < -0.39 is 0 Å². The van der Waals surface area contributed by atoms with Crippen molar-refractivity contribution in [3.05, 3.63) is 112 Å². The maximum Gasteiger partial charge on any atom is 0.258 e. The smallest absolute Gasteiger partial charge is 0.258 e. The first-order valence-corrected chi connectivity index (χ1v) is 10.6. The van der Waals surface area contributed by atoms with Crippen LogP contribution in [0.15, 0.2) is 84.9 Å². The number of amides is 1. The van der Waals surface area contributed by atoms with Crippen LogP contribution < -0.4 is 10.6 Å². The molecule has 2 N–H and O–H groups in total. The first-order valence-electron chi connectivity index (χ1n) is 10.2. The summed E-state index contributed by atoms with van der Waals surface area (Å²) in [6, 6.07) is 24.7. The van der Waals surface area contributed by atoms with Gasteiger partial charge in [0, 0.05) is 16.3 Å². The Bertz CT molecular complexity index is 1330. The average molecular weight is 478 g/mol. The normalized spacial score (nSPS) is 14.4. The first-order chi connectivity index (χ1) is 15.6. The van der Waals surface area contributed by atoms with Crippen LogP contribution in [0.4, 0.5) is 11.9 Å². The van der Waals surface area contributed by atoms with Gasteiger partial charge in [-0.1, -0.05) is 77.8 Å². The molecule has 3 aromatic carbocycles. The summed E-state index contributed by atoms with van der Waals surface area (Å²) in [4.78, 5) is 17.3. The van der Waals surface area contributed by atoms with Gasteiger partial charge in [0.2, 0.25) is 5.95 Å². The Kier molecular flexibility index (Phi) is 6.49. The summed E-state index contributed by atoms with van der Waals surface area (Å²) in [5.74, 6) is 0.483. The van der Waals surface area contributed by atoms with Gasteiger partial charge in [-0.15, -0.1) is 17.5 Å². The van der Waals surface area contributed by atoms with Crippen molar-refractivity contribution in [1.29, 1.82) is 0 Å². The Hall–Kier alpha value is -3.61. The molecule has 0 saturated heterocycles. The highest BCUT2D eigenvalue weighted by atomic mass is 35.5. The molecular formula is C25H21Cl2N5O. The van der Waals surface area contributed by atoms with E-state index in [-0.39, 0.29) is 30.3 Å². The zero-order chi connectivity index (χ0) is 22.1. The number of aryl methyl sites for hydroxylation is 1. The van der Waals surface area contributed by atoms with Gasteiger partial charge in [-0.2, -0.15) is 4.98 Å². The molecule has 0 saturated carbocycles. The Morgan fingerprint density at radius 2 is 1.79 bits per heavy atom. The second kappa shape index (κ2) is 9.48. The number of anilines is 2. The fourth-order valence-corrected chi connectivity index (χ4v) is 3.98. The molecular weight excluding hydrogens is 457 g/mol. The summed E-state index contributed by atoms with van der Waals surface area (Å²) in [6.07, 6.45) is 2.06. The molecule has 6 nitrogen and oxygen atoms in total. The van der Waals surface area contributed by atoms with E-state index in [2.05, 4.69) is 26.8 Å². The third-order valence-electron chi connectivity index (χ3n) is 5.28. The summed E-state index contributed by atoms with van der Waals surface area (Å²) in [6.45, 7) is 1.94. The van der Waals surface area contributed by atoms with E-state index in [9.17, 15) is 4.79 Å². The Morgan fingerprint density at radius 1 is 1.03 bits per heavy atom. The Labute approximate surface area is 202 Å². The second-order valence-electron chi connectivity index (χ2n) is 7.56. The highest BCUT2D eigenvalue weighted by Crippen LogP contribution is 2.35. The van der Waals surface area contributed by atoms with E-state index in [1.54, 1.807) is 10.7 Å². The SMILES string of the molecule is Cc1cccc(C(=O)Nc2nc3n(n2)C(c2ccccc2Cl)C=C(c2ccccc2)N3)c1.Cl. The van der Waals surface area contributed by atoms with E-state index >= 15 is 0 Å². The molecule has 1 aliphatic rings. The van der Waals surface area contributed by atoms with E-state index in [4.69, 9.17) is 11.6 Å². The molecule has 0 radical (unpaired) electrons. The van der Waals surface area contributed by atoms with Gasteiger partial charge in [-0.05, 0) is 42.3 Å². The van der Waals surface area contributed by atoms with Crippen LogP contribution in [0.2, 0.25) is 5.02 Å². The summed E-state index contributed by atoms with van der Waals surface area (Å²) in [5.41, 5.74) is 4.37. The number of hydrogen-bond donors (Lipinski definition) is 2. The van der Waals surface area contributed by atoms with Gasteiger partial charge in [0.1, 0.15) is 6.04 Å². The van der Waals surface area contributed by atoms with Gasteiger partial charge in [0.15, 0.2) is 0 Å². The predicted octanol–water partition coefficient (Wildman–Crippen LogP) is 5.97. The molecule has 8 heteroatoms. The molecule has 4 aromatic rings. The van der Waals surface area contributed by atoms with Gasteiger partial charge < -0.3 is 5.32 Å². The zero-order valence-electron chi connectivity index (χ0n) is 17.7. The molecule has 1 aliphatic heterocycles. The number of fused-ring (bicyclic) bond motifs is 1. The third kappa shape index (κ3) is 4.62. The van der Waals surface area contributed by atoms with Gasteiger partial charge in [-0.25, -0.2) is 4.68 Å². The van der Waals surface area contributed by atoms with Crippen molar-refractivity contribution in [1.82, 2.24) is 14.8 Å². The third-order valence-corrected chi connectivity index (χ3v) is 5.62. The number of nitrogens with zero attached hydrogens (tertiary/aromatic N) is 3. The number of carbonyl (C=O) groups is 1. The van der Waals surface area contributed by atoms with Crippen LogP contribution in [0.3, 0.4) is 0 Å². The molecule has 0 fully saturated rings. The molecule has 1 unspecified atom stereocenters. The molecule has 1 atom stereocenters. The number of hydrogen-bond acceptors (Lipinski definition) is 4. The quantitative estimate of drug-likeness (QED) is 0.379. The Balaban J connectivity index is 0.00000259. The van der Waals surface area contributed by atoms with Gasteiger partial charge in [0.25, 0.3) is 11.9 Å². The topological polar surface area (TPSA) is 71.8 Å². The van der Waals surface area contributed by atoms with Crippen LogP contribution >= 0.6 is 24.0 Å². The van der Waals surface area contributed by atoms with Crippen molar-refractivity contribution in [2.75, 3.05) is 10.6 Å². The molecule has 33 heavy (non-hydrogen) atoms. The number of halogens is 2. The van der Waals surface area contributed by atoms with Crippen molar-refractivity contribution >= 4 is 47.5 Å². The molecule has 0 spiro atoms. The minimum absolute atomic E-state index is 0. The molecule has 0 aliphatic carbocycles. The molecule has 0 bridgehead atoms. The van der Waals surface area contributed by atoms with E-state index in [1.165, 1.54) is 0 Å². The monoisotopic (exact) mass is 477 g/mol. The van der Waals surface area contributed by atoms with E-state index in [1.807, 2.05) is 79.7 Å².